The lowest BCUT2D eigenvalue weighted by Gasteiger charge is -2.36. The van der Waals surface area contributed by atoms with Crippen LogP contribution in [0.15, 0.2) is 0 Å². The van der Waals surface area contributed by atoms with E-state index in [-0.39, 0.29) is 17.6 Å². The van der Waals surface area contributed by atoms with E-state index in [9.17, 15) is 18.3 Å². The van der Waals surface area contributed by atoms with Crippen LogP contribution in [-0.2, 0) is 14.8 Å². The number of sulfonamides is 1. The lowest BCUT2D eigenvalue weighted by molar-refractivity contribution is -0.144. The molecule has 2 fully saturated rings. The minimum Gasteiger partial charge on any atom is -0.480 e. The largest absolute Gasteiger partial charge is 0.480 e. The van der Waals surface area contributed by atoms with E-state index >= 15 is 0 Å². The predicted octanol–water partition coefficient (Wildman–Crippen LogP) is 0.911. The zero-order valence-electron chi connectivity index (χ0n) is 10.0. The molecule has 0 aromatic carbocycles. The Labute approximate surface area is 102 Å². The quantitative estimate of drug-likeness (QED) is 0.816. The van der Waals surface area contributed by atoms with Gasteiger partial charge in [-0.1, -0.05) is 6.92 Å². The second-order valence-corrected chi connectivity index (χ2v) is 7.20. The monoisotopic (exact) mass is 261 g/mol. The molecule has 1 saturated carbocycles. The fourth-order valence-corrected chi connectivity index (χ4v) is 4.68. The van der Waals surface area contributed by atoms with Crippen molar-refractivity contribution in [3.63, 3.8) is 0 Å². The molecule has 0 aromatic rings. The number of hydrogen-bond donors (Lipinski definition) is 1. The van der Waals surface area contributed by atoms with Crippen LogP contribution < -0.4 is 0 Å². The van der Waals surface area contributed by atoms with E-state index in [1.54, 1.807) is 0 Å². The van der Waals surface area contributed by atoms with Crippen molar-refractivity contribution in [2.24, 2.45) is 11.8 Å². The van der Waals surface area contributed by atoms with Gasteiger partial charge in [0.1, 0.15) is 6.04 Å². The van der Waals surface area contributed by atoms with Gasteiger partial charge in [-0.3, -0.25) is 4.79 Å². The summed E-state index contributed by atoms with van der Waals surface area (Å²) in [6.45, 7) is 2.17. The molecule has 2 unspecified atom stereocenters. The van der Waals surface area contributed by atoms with Crippen molar-refractivity contribution < 1.29 is 18.3 Å². The highest BCUT2D eigenvalue weighted by Crippen LogP contribution is 2.33. The van der Waals surface area contributed by atoms with Gasteiger partial charge in [0.05, 0.1) is 5.75 Å². The first-order valence-corrected chi connectivity index (χ1v) is 7.75. The van der Waals surface area contributed by atoms with Crippen LogP contribution >= 0.6 is 0 Å². The maximum atomic E-state index is 12.2. The molecular weight excluding hydrogens is 242 g/mol. The van der Waals surface area contributed by atoms with Crippen LogP contribution in [-0.4, -0.2) is 42.1 Å². The summed E-state index contributed by atoms with van der Waals surface area (Å²) in [5, 5.41) is 9.19. The van der Waals surface area contributed by atoms with Gasteiger partial charge in [-0.05, 0) is 37.5 Å². The van der Waals surface area contributed by atoms with Gasteiger partial charge in [-0.15, -0.1) is 0 Å². The Morgan fingerprint density at radius 1 is 1.35 bits per heavy atom. The standard InChI is InChI=1S/C11H19NO4S/c1-8-3-2-6-12(10(8)11(13)14)17(15,16)7-9-4-5-9/h8-10H,2-7H2,1H3,(H,13,14). The van der Waals surface area contributed by atoms with Crippen LogP contribution in [0.4, 0.5) is 0 Å². The molecule has 1 aliphatic carbocycles. The van der Waals surface area contributed by atoms with Crippen molar-refractivity contribution in [1.82, 2.24) is 4.31 Å². The van der Waals surface area contributed by atoms with Gasteiger partial charge in [0, 0.05) is 6.54 Å². The molecule has 0 spiro atoms. The van der Waals surface area contributed by atoms with Crippen molar-refractivity contribution in [3.8, 4) is 0 Å². The first-order valence-electron chi connectivity index (χ1n) is 6.14. The van der Waals surface area contributed by atoms with E-state index in [0.29, 0.717) is 6.54 Å². The Hall–Kier alpha value is -0.620. The normalized spacial score (nSPS) is 31.4. The van der Waals surface area contributed by atoms with E-state index in [0.717, 1.165) is 25.7 Å². The summed E-state index contributed by atoms with van der Waals surface area (Å²) in [7, 11) is -3.39. The SMILES string of the molecule is CC1CCCN(S(=O)(=O)CC2CC2)C1C(=O)O. The number of nitrogens with zero attached hydrogens (tertiary/aromatic N) is 1. The van der Waals surface area contributed by atoms with Gasteiger partial charge in [-0.2, -0.15) is 4.31 Å². The summed E-state index contributed by atoms with van der Waals surface area (Å²) < 4.78 is 25.5. The number of rotatable bonds is 4. The second kappa shape index (κ2) is 4.57. The fourth-order valence-electron chi connectivity index (χ4n) is 2.51. The maximum absolute atomic E-state index is 12.2. The Balaban J connectivity index is 2.18. The molecule has 2 rings (SSSR count). The third kappa shape index (κ3) is 2.80. The van der Waals surface area contributed by atoms with Crippen molar-refractivity contribution in [3.05, 3.63) is 0 Å². The number of carboxylic acids is 1. The van der Waals surface area contributed by atoms with E-state index in [1.807, 2.05) is 6.92 Å². The van der Waals surface area contributed by atoms with Gasteiger partial charge in [0.25, 0.3) is 0 Å². The summed E-state index contributed by atoms with van der Waals surface area (Å²) in [5.74, 6) is -0.734. The Morgan fingerprint density at radius 2 is 2.00 bits per heavy atom. The summed E-state index contributed by atoms with van der Waals surface area (Å²) in [5.41, 5.74) is 0. The van der Waals surface area contributed by atoms with Gasteiger partial charge in [0.15, 0.2) is 0 Å². The first-order chi connectivity index (χ1) is 7.92. The molecule has 1 saturated heterocycles. The third-order valence-electron chi connectivity index (χ3n) is 3.64. The topological polar surface area (TPSA) is 74.7 Å². The molecule has 1 aliphatic heterocycles. The Bertz CT molecular complexity index is 402. The lowest BCUT2D eigenvalue weighted by Crippen LogP contribution is -2.52. The molecule has 17 heavy (non-hydrogen) atoms. The summed E-state index contributed by atoms with van der Waals surface area (Å²) in [6.07, 6.45) is 3.46. The highest BCUT2D eigenvalue weighted by molar-refractivity contribution is 7.89. The molecule has 0 bridgehead atoms. The Morgan fingerprint density at radius 3 is 2.53 bits per heavy atom. The zero-order chi connectivity index (χ0) is 12.6. The third-order valence-corrected chi connectivity index (χ3v) is 5.66. The summed E-state index contributed by atoms with van der Waals surface area (Å²) in [4.78, 5) is 11.2. The number of hydrogen-bond acceptors (Lipinski definition) is 3. The van der Waals surface area contributed by atoms with E-state index in [1.165, 1.54) is 4.31 Å². The van der Waals surface area contributed by atoms with Crippen molar-refractivity contribution in [2.75, 3.05) is 12.3 Å². The molecule has 2 atom stereocenters. The summed E-state index contributed by atoms with van der Waals surface area (Å²) >= 11 is 0. The molecule has 1 heterocycles. The minimum absolute atomic E-state index is 0.102. The number of carbonyl (C=O) groups is 1. The molecular formula is C11H19NO4S. The van der Waals surface area contributed by atoms with E-state index < -0.39 is 22.0 Å². The molecule has 0 radical (unpaired) electrons. The maximum Gasteiger partial charge on any atom is 0.322 e. The van der Waals surface area contributed by atoms with Gasteiger partial charge < -0.3 is 5.11 Å². The van der Waals surface area contributed by atoms with Crippen molar-refractivity contribution in [2.45, 2.75) is 38.6 Å². The predicted molar refractivity (Wildman–Crippen MR) is 63.0 cm³/mol. The van der Waals surface area contributed by atoms with Crippen molar-refractivity contribution in [1.29, 1.82) is 0 Å². The molecule has 1 N–H and O–H groups in total. The number of piperidine rings is 1. The molecule has 0 amide bonds. The van der Waals surface area contributed by atoms with Gasteiger partial charge in [-0.25, -0.2) is 8.42 Å². The van der Waals surface area contributed by atoms with Crippen LogP contribution in [0.1, 0.15) is 32.6 Å². The Kier molecular flexibility index (Phi) is 3.45. The molecule has 98 valence electrons. The average Bonchev–Trinajstić information content (AvgIpc) is 3.00. The highest BCUT2D eigenvalue weighted by atomic mass is 32.2. The lowest BCUT2D eigenvalue weighted by atomic mass is 9.93. The van der Waals surface area contributed by atoms with Crippen LogP contribution in [0.3, 0.4) is 0 Å². The first kappa shape index (κ1) is 12.8. The van der Waals surface area contributed by atoms with Gasteiger partial charge >= 0.3 is 5.97 Å². The van der Waals surface area contributed by atoms with Crippen LogP contribution in [0.2, 0.25) is 0 Å². The molecule has 6 heteroatoms. The average molecular weight is 261 g/mol. The summed E-state index contributed by atoms with van der Waals surface area (Å²) in [6, 6.07) is -0.868. The van der Waals surface area contributed by atoms with Crippen molar-refractivity contribution >= 4 is 16.0 Å². The number of carboxylic acid groups (broad SMARTS) is 1. The van der Waals surface area contributed by atoms with Crippen LogP contribution in [0.25, 0.3) is 0 Å². The van der Waals surface area contributed by atoms with E-state index in [4.69, 9.17) is 0 Å². The molecule has 0 aromatic heterocycles. The van der Waals surface area contributed by atoms with Gasteiger partial charge in [0.2, 0.25) is 10.0 Å². The number of aliphatic carboxylic acids is 1. The highest BCUT2D eigenvalue weighted by Gasteiger charge is 2.42. The van der Waals surface area contributed by atoms with Crippen LogP contribution in [0, 0.1) is 11.8 Å². The van der Waals surface area contributed by atoms with E-state index in [2.05, 4.69) is 0 Å². The molecule has 2 aliphatic rings. The molecule has 5 nitrogen and oxygen atoms in total. The zero-order valence-corrected chi connectivity index (χ0v) is 10.8. The minimum atomic E-state index is -3.39. The second-order valence-electron chi connectivity index (χ2n) is 5.24. The smallest absolute Gasteiger partial charge is 0.322 e. The van der Waals surface area contributed by atoms with Crippen LogP contribution in [0.5, 0.6) is 0 Å². The fraction of sp³-hybridized carbons (Fsp3) is 0.909.